The summed E-state index contributed by atoms with van der Waals surface area (Å²) in [6.45, 7) is 13.6. The first-order valence-electron chi connectivity index (χ1n) is 6.33. The Morgan fingerprint density at radius 1 is 1.33 bits per heavy atom. The summed E-state index contributed by atoms with van der Waals surface area (Å²) in [4.78, 5) is 0. The molecular formula is C13H28N2. The molecule has 1 aliphatic rings. The molecule has 1 saturated carbocycles. The van der Waals surface area contributed by atoms with E-state index in [0.29, 0.717) is 5.41 Å². The standard InChI is InChI=1S/C13H28N2/c1-6-15-13(4,5)10-14-11-7-8-12(2,3)9-11/h11,14-15H,6-10H2,1-5H3. The number of rotatable bonds is 5. The van der Waals surface area contributed by atoms with E-state index in [0.717, 1.165) is 19.1 Å². The highest BCUT2D eigenvalue weighted by molar-refractivity contribution is 4.89. The van der Waals surface area contributed by atoms with Crippen LogP contribution in [0.15, 0.2) is 0 Å². The van der Waals surface area contributed by atoms with Gasteiger partial charge >= 0.3 is 0 Å². The Morgan fingerprint density at radius 3 is 2.47 bits per heavy atom. The highest BCUT2D eigenvalue weighted by Crippen LogP contribution is 2.36. The van der Waals surface area contributed by atoms with E-state index in [4.69, 9.17) is 0 Å². The average molecular weight is 212 g/mol. The van der Waals surface area contributed by atoms with Gasteiger partial charge in [0.2, 0.25) is 0 Å². The maximum atomic E-state index is 3.70. The van der Waals surface area contributed by atoms with Crippen molar-refractivity contribution in [1.82, 2.24) is 10.6 Å². The van der Waals surface area contributed by atoms with Crippen molar-refractivity contribution in [2.24, 2.45) is 5.41 Å². The fourth-order valence-corrected chi connectivity index (χ4v) is 2.55. The van der Waals surface area contributed by atoms with E-state index in [2.05, 4.69) is 45.3 Å². The van der Waals surface area contributed by atoms with E-state index < -0.39 is 0 Å². The van der Waals surface area contributed by atoms with Crippen LogP contribution in [0.2, 0.25) is 0 Å². The summed E-state index contributed by atoms with van der Waals surface area (Å²) in [5.74, 6) is 0. The van der Waals surface area contributed by atoms with Crippen molar-refractivity contribution in [3.63, 3.8) is 0 Å². The van der Waals surface area contributed by atoms with Crippen LogP contribution in [0.5, 0.6) is 0 Å². The molecule has 0 bridgehead atoms. The predicted molar refractivity (Wildman–Crippen MR) is 67.2 cm³/mol. The molecule has 0 radical (unpaired) electrons. The van der Waals surface area contributed by atoms with E-state index in [1.54, 1.807) is 0 Å². The molecule has 90 valence electrons. The van der Waals surface area contributed by atoms with E-state index >= 15 is 0 Å². The topological polar surface area (TPSA) is 24.1 Å². The third-order valence-corrected chi connectivity index (χ3v) is 3.46. The van der Waals surface area contributed by atoms with Crippen LogP contribution >= 0.6 is 0 Å². The van der Waals surface area contributed by atoms with Crippen LogP contribution in [0.3, 0.4) is 0 Å². The summed E-state index contributed by atoms with van der Waals surface area (Å²) in [5, 5.41) is 7.20. The molecule has 0 aromatic rings. The lowest BCUT2D eigenvalue weighted by Gasteiger charge is -2.28. The minimum atomic E-state index is 0.224. The highest BCUT2D eigenvalue weighted by atomic mass is 15.0. The molecule has 15 heavy (non-hydrogen) atoms. The van der Waals surface area contributed by atoms with Crippen molar-refractivity contribution in [1.29, 1.82) is 0 Å². The molecule has 1 aliphatic carbocycles. The lowest BCUT2D eigenvalue weighted by atomic mass is 9.92. The van der Waals surface area contributed by atoms with Crippen molar-refractivity contribution in [2.75, 3.05) is 13.1 Å². The third kappa shape index (κ3) is 4.52. The van der Waals surface area contributed by atoms with Gasteiger partial charge in [-0.15, -0.1) is 0 Å². The maximum Gasteiger partial charge on any atom is 0.0249 e. The summed E-state index contributed by atoms with van der Waals surface area (Å²) in [6.07, 6.45) is 4.04. The first kappa shape index (κ1) is 13.0. The van der Waals surface area contributed by atoms with Crippen LogP contribution in [-0.4, -0.2) is 24.7 Å². The molecule has 0 aliphatic heterocycles. The van der Waals surface area contributed by atoms with E-state index in [1.807, 2.05) is 0 Å². The molecule has 2 heteroatoms. The average Bonchev–Trinajstić information content (AvgIpc) is 2.42. The molecule has 1 fully saturated rings. The van der Waals surface area contributed by atoms with E-state index in [9.17, 15) is 0 Å². The summed E-state index contributed by atoms with van der Waals surface area (Å²) >= 11 is 0. The van der Waals surface area contributed by atoms with Crippen molar-refractivity contribution >= 4 is 0 Å². The minimum absolute atomic E-state index is 0.224. The van der Waals surface area contributed by atoms with Gasteiger partial charge in [-0.1, -0.05) is 20.8 Å². The molecule has 0 heterocycles. The van der Waals surface area contributed by atoms with Gasteiger partial charge in [0.1, 0.15) is 0 Å². The van der Waals surface area contributed by atoms with Crippen molar-refractivity contribution in [2.45, 2.75) is 65.5 Å². The molecule has 0 saturated heterocycles. The van der Waals surface area contributed by atoms with Gasteiger partial charge in [-0.2, -0.15) is 0 Å². The van der Waals surface area contributed by atoms with Crippen LogP contribution in [0.4, 0.5) is 0 Å². The van der Waals surface area contributed by atoms with Crippen molar-refractivity contribution < 1.29 is 0 Å². The molecular weight excluding hydrogens is 184 g/mol. The van der Waals surface area contributed by atoms with Gasteiger partial charge in [0.15, 0.2) is 0 Å². The summed E-state index contributed by atoms with van der Waals surface area (Å²) < 4.78 is 0. The Balaban J connectivity index is 2.26. The molecule has 0 spiro atoms. The molecule has 0 amide bonds. The Morgan fingerprint density at radius 2 is 2.00 bits per heavy atom. The largest absolute Gasteiger partial charge is 0.312 e. The first-order valence-corrected chi connectivity index (χ1v) is 6.33. The molecule has 1 atom stereocenters. The number of hydrogen-bond donors (Lipinski definition) is 2. The van der Waals surface area contributed by atoms with Crippen LogP contribution in [-0.2, 0) is 0 Å². The van der Waals surface area contributed by atoms with Gasteiger partial charge in [-0.05, 0) is 45.1 Å². The quantitative estimate of drug-likeness (QED) is 0.732. The van der Waals surface area contributed by atoms with Gasteiger partial charge in [0.25, 0.3) is 0 Å². The van der Waals surface area contributed by atoms with Crippen LogP contribution in [0.25, 0.3) is 0 Å². The Kier molecular flexibility index (Phi) is 4.19. The Labute approximate surface area is 95.2 Å². The van der Waals surface area contributed by atoms with Gasteiger partial charge in [-0.25, -0.2) is 0 Å². The van der Waals surface area contributed by atoms with Crippen LogP contribution in [0.1, 0.15) is 53.9 Å². The second-order valence-electron chi connectivity index (χ2n) is 6.40. The molecule has 1 rings (SSSR count). The van der Waals surface area contributed by atoms with E-state index in [-0.39, 0.29) is 5.54 Å². The zero-order valence-electron chi connectivity index (χ0n) is 11.1. The highest BCUT2D eigenvalue weighted by Gasteiger charge is 2.31. The van der Waals surface area contributed by atoms with Crippen LogP contribution < -0.4 is 10.6 Å². The molecule has 1 unspecified atom stereocenters. The van der Waals surface area contributed by atoms with Crippen molar-refractivity contribution in [3.05, 3.63) is 0 Å². The lowest BCUT2D eigenvalue weighted by molar-refractivity contribution is 0.329. The van der Waals surface area contributed by atoms with Crippen molar-refractivity contribution in [3.8, 4) is 0 Å². The fourth-order valence-electron chi connectivity index (χ4n) is 2.55. The zero-order chi connectivity index (χ0) is 11.5. The molecule has 0 aromatic carbocycles. The third-order valence-electron chi connectivity index (χ3n) is 3.46. The monoisotopic (exact) mass is 212 g/mol. The fraction of sp³-hybridized carbons (Fsp3) is 1.00. The van der Waals surface area contributed by atoms with Crippen LogP contribution in [0, 0.1) is 5.41 Å². The first-order chi connectivity index (χ1) is 6.85. The SMILES string of the molecule is CCNC(C)(C)CNC1CCC(C)(C)C1. The van der Waals surface area contributed by atoms with Gasteiger partial charge < -0.3 is 10.6 Å². The Bertz CT molecular complexity index is 197. The lowest BCUT2D eigenvalue weighted by Crippen LogP contribution is -2.49. The van der Waals surface area contributed by atoms with Gasteiger partial charge in [-0.3, -0.25) is 0 Å². The van der Waals surface area contributed by atoms with Gasteiger partial charge in [0.05, 0.1) is 0 Å². The number of hydrogen-bond acceptors (Lipinski definition) is 2. The summed E-state index contributed by atoms with van der Waals surface area (Å²) in [7, 11) is 0. The normalized spacial score (nSPS) is 25.8. The smallest absolute Gasteiger partial charge is 0.0249 e. The zero-order valence-corrected chi connectivity index (χ0v) is 11.1. The molecule has 2 N–H and O–H groups in total. The Hall–Kier alpha value is -0.0800. The van der Waals surface area contributed by atoms with E-state index in [1.165, 1.54) is 19.3 Å². The second kappa shape index (κ2) is 4.84. The maximum absolute atomic E-state index is 3.70. The molecule has 0 aromatic heterocycles. The minimum Gasteiger partial charge on any atom is -0.312 e. The second-order valence-corrected chi connectivity index (χ2v) is 6.40. The summed E-state index contributed by atoms with van der Waals surface area (Å²) in [5.41, 5.74) is 0.779. The number of likely N-dealkylation sites (N-methyl/N-ethyl adjacent to an activating group) is 1. The predicted octanol–water partition coefficient (Wildman–Crippen LogP) is 2.54. The number of nitrogens with one attached hydrogen (secondary N) is 2. The summed E-state index contributed by atoms with van der Waals surface area (Å²) in [6, 6.07) is 0.734. The molecule has 2 nitrogen and oxygen atoms in total. The van der Waals surface area contributed by atoms with Gasteiger partial charge in [0, 0.05) is 18.1 Å².